The Labute approximate surface area is 109 Å². The molecule has 0 amide bonds. The normalized spacial score (nSPS) is 12.2. The summed E-state index contributed by atoms with van der Waals surface area (Å²) in [6.45, 7) is 1.08. The van der Waals surface area contributed by atoms with Gasteiger partial charge >= 0.3 is 5.97 Å². The van der Waals surface area contributed by atoms with Gasteiger partial charge in [0.1, 0.15) is 6.04 Å². The summed E-state index contributed by atoms with van der Waals surface area (Å²) in [5.74, 6) is -0.346. The number of pyridine rings is 1. The molecule has 0 saturated carbocycles. The molecule has 1 rings (SSSR count). The second-order valence-corrected chi connectivity index (χ2v) is 4.26. The summed E-state index contributed by atoms with van der Waals surface area (Å²) < 4.78 is 10.5. The molecule has 0 aliphatic rings. The lowest BCUT2D eigenvalue weighted by molar-refractivity contribution is -0.143. The van der Waals surface area contributed by atoms with Gasteiger partial charge in [0.2, 0.25) is 0 Å². The molecule has 94 valence electrons. The molecule has 0 aliphatic carbocycles. The monoisotopic (exact) mass is 302 g/mol. The summed E-state index contributed by atoms with van der Waals surface area (Å²) in [5, 5.41) is 3.05. The number of nitrogens with zero attached hydrogens (tertiary/aromatic N) is 1. The van der Waals surface area contributed by atoms with E-state index in [0.717, 1.165) is 10.0 Å². The fourth-order valence-corrected chi connectivity index (χ4v) is 1.73. The summed E-state index contributed by atoms with van der Waals surface area (Å²) in [6.07, 6.45) is 3.29. The number of halogens is 1. The lowest BCUT2D eigenvalue weighted by atomic mass is 10.1. The highest BCUT2D eigenvalue weighted by molar-refractivity contribution is 9.10. The first-order chi connectivity index (χ1) is 8.19. The minimum Gasteiger partial charge on any atom is -0.468 e. The average Bonchev–Trinajstić information content (AvgIpc) is 2.34. The lowest BCUT2D eigenvalue weighted by Crippen LogP contribution is -2.32. The van der Waals surface area contributed by atoms with E-state index in [-0.39, 0.29) is 5.97 Å². The Morgan fingerprint density at radius 1 is 1.53 bits per heavy atom. The van der Waals surface area contributed by atoms with Crippen molar-refractivity contribution >= 4 is 21.9 Å². The molecule has 1 atom stereocenters. The minimum atomic E-state index is -0.528. The SMILES string of the molecule is COCCNC(C(=O)OC)c1cncc(Br)c1. The van der Waals surface area contributed by atoms with Gasteiger partial charge in [0.25, 0.3) is 0 Å². The van der Waals surface area contributed by atoms with Gasteiger partial charge in [0.05, 0.1) is 13.7 Å². The number of hydrogen-bond donors (Lipinski definition) is 1. The average molecular weight is 303 g/mol. The van der Waals surface area contributed by atoms with Crippen LogP contribution in [0.2, 0.25) is 0 Å². The summed E-state index contributed by atoms with van der Waals surface area (Å²) in [6, 6.07) is 1.30. The number of carbonyl (C=O) groups excluding carboxylic acids is 1. The van der Waals surface area contributed by atoms with Crippen LogP contribution in [0.5, 0.6) is 0 Å². The maximum atomic E-state index is 11.6. The zero-order chi connectivity index (χ0) is 12.7. The third-order valence-corrected chi connectivity index (χ3v) is 2.58. The number of ether oxygens (including phenoxy) is 2. The molecule has 0 bridgehead atoms. The van der Waals surface area contributed by atoms with Crippen molar-refractivity contribution in [2.24, 2.45) is 0 Å². The molecule has 1 N–H and O–H groups in total. The molecule has 1 heterocycles. The van der Waals surface area contributed by atoms with E-state index in [1.807, 2.05) is 6.07 Å². The number of aromatic nitrogens is 1. The minimum absolute atomic E-state index is 0.346. The Hall–Kier alpha value is -0.980. The highest BCUT2D eigenvalue weighted by atomic mass is 79.9. The maximum Gasteiger partial charge on any atom is 0.327 e. The van der Waals surface area contributed by atoms with Gasteiger partial charge in [-0.15, -0.1) is 0 Å². The number of methoxy groups -OCH3 is 2. The summed E-state index contributed by atoms with van der Waals surface area (Å²) in [5.41, 5.74) is 0.752. The van der Waals surface area contributed by atoms with Crippen LogP contribution in [0.4, 0.5) is 0 Å². The van der Waals surface area contributed by atoms with Crippen LogP contribution >= 0.6 is 15.9 Å². The highest BCUT2D eigenvalue weighted by Gasteiger charge is 2.21. The predicted octanol–water partition coefficient (Wildman–Crippen LogP) is 1.29. The first kappa shape index (κ1) is 14.1. The second kappa shape index (κ2) is 7.37. The molecular weight excluding hydrogens is 288 g/mol. The number of carbonyl (C=O) groups is 1. The molecule has 5 nitrogen and oxygen atoms in total. The van der Waals surface area contributed by atoms with Crippen LogP contribution in [0.15, 0.2) is 22.9 Å². The van der Waals surface area contributed by atoms with Gasteiger partial charge in [-0.25, -0.2) is 4.79 Å². The molecule has 17 heavy (non-hydrogen) atoms. The van der Waals surface area contributed by atoms with Crippen LogP contribution < -0.4 is 5.32 Å². The molecule has 0 spiro atoms. The topological polar surface area (TPSA) is 60.5 Å². The Kier molecular flexibility index (Phi) is 6.10. The molecule has 0 saturated heterocycles. The van der Waals surface area contributed by atoms with Gasteiger partial charge in [-0.1, -0.05) is 0 Å². The van der Waals surface area contributed by atoms with Crippen LogP contribution in [0.25, 0.3) is 0 Å². The van der Waals surface area contributed by atoms with Crippen LogP contribution in [0, 0.1) is 0 Å². The van der Waals surface area contributed by atoms with E-state index in [1.165, 1.54) is 7.11 Å². The highest BCUT2D eigenvalue weighted by Crippen LogP contribution is 2.17. The first-order valence-corrected chi connectivity index (χ1v) is 5.89. The van der Waals surface area contributed by atoms with Crippen LogP contribution in [0.1, 0.15) is 11.6 Å². The molecule has 0 aliphatic heterocycles. The third-order valence-electron chi connectivity index (χ3n) is 2.15. The molecule has 1 unspecified atom stereocenters. The van der Waals surface area contributed by atoms with E-state index in [1.54, 1.807) is 19.5 Å². The van der Waals surface area contributed by atoms with Gasteiger partial charge in [0.15, 0.2) is 0 Å². The van der Waals surface area contributed by atoms with Crippen molar-refractivity contribution in [2.45, 2.75) is 6.04 Å². The summed E-state index contributed by atoms with van der Waals surface area (Å²) in [4.78, 5) is 15.7. The van der Waals surface area contributed by atoms with Crippen molar-refractivity contribution in [3.8, 4) is 0 Å². The largest absolute Gasteiger partial charge is 0.468 e. The van der Waals surface area contributed by atoms with Crippen molar-refractivity contribution < 1.29 is 14.3 Å². The van der Waals surface area contributed by atoms with E-state index in [4.69, 9.17) is 9.47 Å². The quantitative estimate of drug-likeness (QED) is 0.634. The van der Waals surface area contributed by atoms with Gasteiger partial charge in [-0.2, -0.15) is 0 Å². The number of rotatable bonds is 6. The molecule has 0 fully saturated rings. The zero-order valence-electron chi connectivity index (χ0n) is 9.77. The molecule has 0 aromatic carbocycles. The fraction of sp³-hybridized carbons (Fsp3) is 0.455. The summed E-state index contributed by atoms with van der Waals surface area (Å²) in [7, 11) is 2.97. The van der Waals surface area contributed by atoms with E-state index < -0.39 is 6.04 Å². The van der Waals surface area contributed by atoms with E-state index >= 15 is 0 Å². The van der Waals surface area contributed by atoms with E-state index in [2.05, 4.69) is 26.2 Å². The van der Waals surface area contributed by atoms with Crippen LogP contribution in [-0.4, -0.2) is 38.3 Å². The zero-order valence-corrected chi connectivity index (χ0v) is 11.4. The molecule has 1 aromatic rings. The van der Waals surface area contributed by atoms with Crippen molar-refractivity contribution in [1.29, 1.82) is 0 Å². The standard InChI is InChI=1S/C11H15BrN2O3/c1-16-4-3-14-10(11(15)17-2)8-5-9(12)7-13-6-8/h5-7,10,14H,3-4H2,1-2H3. The van der Waals surface area contributed by atoms with Crippen molar-refractivity contribution in [3.05, 3.63) is 28.5 Å². The lowest BCUT2D eigenvalue weighted by Gasteiger charge is -2.16. The molecular formula is C11H15BrN2O3. The first-order valence-electron chi connectivity index (χ1n) is 5.09. The smallest absolute Gasteiger partial charge is 0.327 e. The third kappa shape index (κ3) is 4.41. The fourth-order valence-electron chi connectivity index (χ4n) is 1.35. The Morgan fingerprint density at radius 2 is 2.29 bits per heavy atom. The van der Waals surface area contributed by atoms with Crippen molar-refractivity contribution in [1.82, 2.24) is 10.3 Å². The van der Waals surface area contributed by atoms with Gasteiger partial charge < -0.3 is 9.47 Å². The number of hydrogen-bond acceptors (Lipinski definition) is 5. The number of esters is 1. The van der Waals surface area contributed by atoms with Crippen molar-refractivity contribution in [3.63, 3.8) is 0 Å². The van der Waals surface area contributed by atoms with Gasteiger partial charge in [0, 0.05) is 30.5 Å². The van der Waals surface area contributed by atoms with Gasteiger partial charge in [-0.05, 0) is 27.6 Å². The van der Waals surface area contributed by atoms with Crippen molar-refractivity contribution in [2.75, 3.05) is 27.4 Å². The van der Waals surface area contributed by atoms with Gasteiger partial charge in [-0.3, -0.25) is 10.3 Å². The Balaban J connectivity index is 2.78. The van der Waals surface area contributed by atoms with Crippen LogP contribution in [-0.2, 0) is 14.3 Å². The van der Waals surface area contributed by atoms with E-state index in [9.17, 15) is 4.79 Å². The van der Waals surface area contributed by atoms with Crippen LogP contribution in [0.3, 0.4) is 0 Å². The maximum absolute atomic E-state index is 11.6. The molecule has 0 radical (unpaired) electrons. The molecule has 1 aromatic heterocycles. The summed E-state index contributed by atoms with van der Waals surface area (Å²) >= 11 is 3.32. The molecule has 6 heteroatoms. The second-order valence-electron chi connectivity index (χ2n) is 3.34. The predicted molar refractivity (Wildman–Crippen MR) is 66.6 cm³/mol. The van der Waals surface area contributed by atoms with E-state index in [0.29, 0.717) is 13.2 Å². The Bertz CT molecular complexity index is 373. The number of nitrogens with one attached hydrogen (secondary N) is 1. The Morgan fingerprint density at radius 3 is 2.88 bits per heavy atom.